The molecule has 1 amide bonds. The van der Waals surface area contributed by atoms with Crippen LogP contribution in [0.4, 0.5) is 0 Å². The van der Waals surface area contributed by atoms with E-state index in [9.17, 15) is 4.79 Å². The molecule has 1 aromatic carbocycles. The first-order valence-electron chi connectivity index (χ1n) is 9.84. The maximum absolute atomic E-state index is 12.2. The summed E-state index contributed by atoms with van der Waals surface area (Å²) in [6.45, 7) is 7.88. The van der Waals surface area contributed by atoms with E-state index in [4.69, 9.17) is 4.52 Å². The fourth-order valence-corrected chi connectivity index (χ4v) is 2.73. The number of amides is 1. The Bertz CT molecular complexity index is 712. The van der Waals surface area contributed by atoms with Crippen LogP contribution in [0.2, 0.25) is 0 Å². The largest absolute Gasteiger partial charge is 0.352 e. The van der Waals surface area contributed by atoms with Crippen molar-refractivity contribution in [1.29, 1.82) is 0 Å². The number of aryl methyl sites for hydroxylation is 2. The molecule has 6 nitrogen and oxygen atoms in total. The Kier molecular flexibility index (Phi) is 8.45. The molecule has 0 bridgehead atoms. The molecule has 1 aromatic heterocycles. The van der Waals surface area contributed by atoms with E-state index in [0.717, 1.165) is 25.2 Å². The number of rotatable bonds is 11. The summed E-state index contributed by atoms with van der Waals surface area (Å²) in [5.74, 6) is 1.42. The number of hydrogen-bond donors (Lipinski definition) is 1. The molecule has 0 fully saturated rings. The summed E-state index contributed by atoms with van der Waals surface area (Å²) in [6.07, 6.45) is 3.63. The van der Waals surface area contributed by atoms with E-state index in [1.807, 2.05) is 12.1 Å². The van der Waals surface area contributed by atoms with E-state index in [0.29, 0.717) is 37.7 Å². The summed E-state index contributed by atoms with van der Waals surface area (Å²) < 4.78 is 5.20. The third-order valence-corrected chi connectivity index (χ3v) is 4.67. The average molecular weight is 373 g/mol. The summed E-state index contributed by atoms with van der Waals surface area (Å²) in [5, 5.41) is 6.96. The molecule has 0 spiro atoms. The van der Waals surface area contributed by atoms with Crippen LogP contribution in [0.25, 0.3) is 0 Å². The molecule has 27 heavy (non-hydrogen) atoms. The highest BCUT2D eigenvalue weighted by Gasteiger charge is 2.10. The fraction of sp³-hybridized carbons (Fsp3) is 0.571. The maximum atomic E-state index is 12.2. The van der Waals surface area contributed by atoms with E-state index in [1.54, 1.807) is 0 Å². The Balaban J connectivity index is 1.76. The Morgan fingerprint density at radius 1 is 1.22 bits per heavy atom. The molecule has 0 aliphatic heterocycles. The molecule has 1 heterocycles. The van der Waals surface area contributed by atoms with Crippen molar-refractivity contribution in [2.75, 3.05) is 7.05 Å². The van der Waals surface area contributed by atoms with Gasteiger partial charge in [0.25, 0.3) is 0 Å². The SMILES string of the molecule is CCCc1noc(CCCC(=O)NCc2ccccc2CN(C)C(C)C)n1. The van der Waals surface area contributed by atoms with E-state index in [-0.39, 0.29) is 5.91 Å². The lowest BCUT2D eigenvalue weighted by atomic mass is 10.1. The van der Waals surface area contributed by atoms with Crippen molar-refractivity contribution >= 4 is 5.91 Å². The van der Waals surface area contributed by atoms with Gasteiger partial charge < -0.3 is 9.84 Å². The van der Waals surface area contributed by atoms with Gasteiger partial charge >= 0.3 is 0 Å². The monoisotopic (exact) mass is 372 g/mol. The molecule has 2 rings (SSSR count). The average Bonchev–Trinajstić information content (AvgIpc) is 3.08. The highest BCUT2D eigenvalue weighted by atomic mass is 16.5. The minimum Gasteiger partial charge on any atom is -0.352 e. The van der Waals surface area contributed by atoms with Gasteiger partial charge in [-0.05, 0) is 44.9 Å². The van der Waals surface area contributed by atoms with Crippen molar-refractivity contribution in [3.63, 3.8) is 0 Å². The zero-order chi connectivity index (χ0) is 19.6. The second-order valence-electron chi connectivity index (χ2n) is 7.26. The number of aromatic nitrogens is 2. The number of benzene rings is 1. The highest BCUT2D eigenvalue weighted by molar-refractivity contribution is 5.75. The lowest BCUT2D eigenvalue weighted by molar-refractivity contribution is -0.121. The third kappa shape index (κ3) is 7.13. The van der Waals surface area contributed by atoms with Gasteiger partial charge in [-0.25, -0.2) is 0 Å². The van der Waals surface area contributed by atoms with Gasteiger partial charge in [0.15, 0.2) is 5.82 Å². The molecule has 0 atom stereocenters. The van der Waals surface area contributed by atoms with Gasteiger partial charge in [0.2, 0.25) is 11.8 Å². The number of hydrogen-bond acceptors (Lipinski definition) is 5. The van der Waals surface area contributed by atoms with Crippen molar-refractivity contribution in [3.8, 4) is 0 Å². The molecule has 0 saturated heterocycles. The number of nitrogens with one attached hydrogen (secondary N) is 1. The van der Waals surface area contributed by atoms with Gasteiger partial charge in [-0.1, -0.05) is 36.3 Å². The van der Waals surface area contributed by atoms with Crippen LogP contribution in [0.1, 0.15) is 62.9 Å². The standard InChI is InChI=1S/C21H32N4O2/c1-5-9-19-23-21(27-24-19)13-8-12-20(26)22-14-17-10-6-7-11-18(17)15-25(4)16(2)3/h6-7,10-11,16H,5,8-9,12-15H2,1-4H3,(H,22,26). The van der Waals surface area contributed by atoms with Crippen LogP contribution in [0, 0.1) is 0 Å². The molecule has 148 valence electrons. The molecule has 0 unspecified atom stereocenters. The molecule has 0 aliphatic carbocycles. The zero-order valence-electron chi connectivity index (χ0n) is 17.0. The fourth-order valence-electron chi connectivity index (χ4n) is 2.73. The summed E-state index contributed by atoms with van der Waals surface area (Å²) in [7, 11) is 2.11. The van der Waals surface area contributed by atoms with Gasteiger partial charge in [0, 0.05) is 38.4 Å². The summed E-state index contributed by atoms with van der Waals surface area (Å²) >= 11 is 0. The Morgan fingerprint density at radius 3 is 2.67 bits per heavy atom. The normalized spacial score (nSPS) is 11.3. The van der Waals surface area contributed by atoms with E-state index in [1.165, 1.54) is 11.1 Å². The lowest BCUT2D eigenvalue weighted by Crippen LogP contribution is -2.27. The van der Waals surface area contributed by atoms with Crippen LogP contribution in [-0.2, 0) is 30.7 Å². The summed E-state index contributed by atoms with van der Waals surface area (Å²) in [6, 6.07) is 8.76. The Morgan fingerprint density at radius 2 is 1.96 bits per heavy atom. The number of carbonyl (C=O) groups is 1. The van der Waals surface area contributed by atoms with Gasteiger partial charge in [-0.2, -0.15) is 4.98 Å². The molecule has 2 aromatic rings. The molecule has 0 aliphatic rings. The van der Waals surface area contributed by atoms with E-state index < -0.39 is 0 Å². The second kappa shape index (κ2) is 10.8. The van der Waals surface area contributed by atoms with Crippen molar-refractivity contribution in [2.45, 2.75) is 72.0 Å². The van der Waals surface area contributed by atoms with Gasteiger partial charge in [-0.3, -0.25) is 9.69 Å². The van der Waals surface area contributed by atoms with Crippen LogP contribution in [0.15, 0.2) is 28.8 Å². The van der Waals surface area contributed by atoms with Gasteiger partial charge in [0.05, 0.1) is 0 Å². The third-order valence-electron chi connectivity index (χ3n) is 4.67. The first-order chi connectivity index (χ1) is 13.0. The minimum atomic E-state index is 0.0512. The lowest BCUT2D eigenvalue weighted by Gasteiger charge is -2.22. The molecule has 0 saturated carbocycles. The molecule has 1 N–H and O–H groups in total. The molecular formula is C21H32N4O2. The quantitative estimate of drug-likeness (QED) is 0.654. The molecule has 6 heteroatoms. The topological polar surface area (TPSA) is 71.3 Å². The Labute approximate surface area is 162 Å². The predicted molar refractivity (Wildman–Crippen MR) is 106 cm³/mol. The highest BCUT2D eigenvalue weighted by Crippen LogP contribution is 2.13. The zero-order valence-corrected chi connectivity index (χ0v) is 17.0. The van der Waals surface area contributed by atoms with Crippen LogP contribution in [-0.4, -0.2) is 34.0 Å². The smallest absolute Gasteiger partial charge is 0.226 e. The van der Waals surface area contributed by atoms with Crippen LogP contribution in [0.5, 0.6) is 0 Å². The van der Waals surface area contributed by atoms with Crippen molar-refractivity contribution in [2.24, 2.45) is 0 Å². The molecule has 0 radical (unpaired) electrons. The number of carbonyl (C=O) groups excluding carboxylic acids is 1. The second-order valence-corrected chi connectivity index (χ2v) is 7.26. The van der Waals surface area contributed by atoms with E-state index in [2.05, 4.69) is 60.3 Å². The van der Waals surface area contributed by atoms with Crippen LogP contribution in [0.3, 0.4) is 0 Å². The first-order valence-corrected chi connectivity index (χ1v) is 9.84. The maximum Gasteiger partial charge on any atom is 0.226 e. The predicted octanol–water partition coefficient (Wildman–Crippen LogP) is 3.50. The Hall–Kier alpha value is -2.21. The number of nitrogens with zero attached hydrogens (tertiary/aromatic N) is 3. The van der Waals surface area contributed by atoms with Crippen molar-refractivity contribution in [1.82, 2.24) is 20.4 Å². The van der Waals surface area contributed by atoms with Crippen molar-refractivity contribution < 1.29 is 9.32 Å². The van der Waals surface area contributed by atoms with Crippen LogP contribution < -0.4 is 5.32 Å². The van der Waals surface area contributed by atoms with Gasteiger partial charge in [0.1, 0.15) is 0 Å². The van der Waals surface area contributed by atoms with Crippen LogP contribution >= 0.6 is 0 Å². The first kappa shape index (κ1) is 21.1. The summed E-state index contributed by atoms with van der Waals surface area (Å²) in [5.41, 5.74) is 2.42. The summed E-state index contributed by atoms with van der Waals surface area (Å²) in [4.78, 5) is 18.8. The van der Waals surface area contributed by atoms with E-state index >= 15 is 0 Å². The van der Waals surface area contributed by atoms with Crippen molar-refractivity contribution in [3.05, 3.63) is 47.1 Å². The molecular weight excluding hydrogens is 340 g/mol. The minimum absolute atomic E-state index is 0.0512. The van der Waals surface area contributed by atoms with Gasteiger partial charge in [-0.15, -0.1) is 0 Å².